The van der Waals surface area contributed by atoms with Crippen LogP contribution in [-0.2, 0) is 9.47 Å². The van der Waals surface area contributed by atoms with Gasteiger partial charge < -0.3 is 25.0 Å². The first-order chi connectivity index (χ1) is 17.5. The van der Waals surface area contributed by atoms with E-state index in [9.17, 15) is 9.59 Å². The lowest BCUT2D eigenvalue weighted by atomic mass is 10.0. The predicted octanol–water partition coefficient (Wildman–Crippen LogP) is 3.04. The van der Waals surface area contributed by atoms with Gasteiger partial charge in [0.25, 0.3) is 5.91 Å². The summed E-state index contributed by atoms with van der Waals surface area (Å²) in [5.41, 5.74) is 1.16. The van der Waals surface area contributed by atoms with Gasteiger partial charge in [-0.2, -0.15) is 5.10 Å². The first kappa shape index (κ1) is 24.4. The third-order valence-corrected chi connectivity index (χ3v) is 7.54. The van der Waals surface area contributed by atoms with Crippen LogP contribution in [0.1, 0.15) is 43.1 Å². The summed E-state index contributed by atoms with van der Waals surface area (Å²) in [7, 11) is 1.56. The van der Waals surface area contributed by atoms with Gasteiger partial charge in [0.05, 0.1) is 18.4 Å². The highest BCUT2D eigenvalue weighted by molar-refractivity contribution is 7.16. The molecule has 4 heterocycles. The van der Waals surface area contributed by atoms with Gasteiger partial charge in [-0.25, -0.2) is 19.3 Å². The van der Waals surface area contributed by atoms with Gasteiger partial charge in [0.15, 0.2) is 5.82 Å². The number of carbonyl (C=O) groups is 2. The minimum Gasteiger partial charge on any atom is -0.447 e. The van der Waals surface area contributed by atoms with E-state index in [2.05, 4.69) is 27.6 Å². The van der Waals surface area contributed by atoms with Crippen LogP contribution in [0, 0.1) is 5.92 Å². The van der Waals surface area contributed by atoms with Crippen LogP contribution < -0.4 is 10.6 Å². The quantitative estimate of drug-likeness (QED) is 0.419. The number of fused-ring (bicyclic) bond motifs is 1. The summed E-state index contributed by atoms with van der Waals surface area (Å²) in [4.78, 5) is 37.5. The number of nitrogens with one attached hydrogen (secondary N) is 2. The molecule has 0 spiro atoms. The Morgan fingerprint density at radius 1 is 1.19 bits per heavy atom. The largest absolute Gasteiger partial charge is 0.447 e. The number of aromatic nitrogens is 4. The number of piperidine rings is 1. The van der Waals surface area contributed by atoms with Crippen LogP contribution in [0.4, 0.5) is 10.6 Å². The van der Waals surface area contributed by atoms with E-state index in [4.69, 9.17) is 14.5 Å². The van der Waals surface area contributed by atoms with Gasteiger partial charge in [0.1, 0.15) is 22.9 Å². The summed E-state index contributed by atoms with van der Waals surface area (Å²) >= 11 is 1.56. The van der Waals surface area contributed by atoms with E-state index in [-0.39, 0.29) is 24.6 Å². The molecule has 192 valence electrons. The smallest absolute Gasteiger partial charge is 0.407 e. The molecule has 1 saturated carbocycles. The van der Waals surface area contributed by atoms with Crippen molar-refractivity contribution >= 4 is 34.0 Å². The molecule has 1 aliphatic heterocycles. The molecule has 2 N–H and O–H groups in total. The minimum atomic E-state index is -0.459. The Labute approximate surface area is 213 Å². The predicted molar refractivity (Wildman–Crippen MR) is 135 cm³/mol. The fourth-order valence-electron chi connectivity index (χ4n) is 4.39. The van der Waals surface area contributed by atoms with Crippen molar-refractivity contribution in [2.75, 3.05) is 38.7 Å². The average Bonchev–Trinajstić information content (AvgIpc) is 3.50. The number of amides is 2. The summed E-state index contributed by atoms with van der Waals surface area (Å²) in [6.07, 6.45) is 6.88. The summed E-state index contributed by atoms with van der Waals surface area (Å²) in [5.74, 6) is 1.63. The van der Waals surface area contributed by atoms with Crippen LogP contribution >= 0.6 is 11.3 Å². The molecule has 12 heteroatoms. The number of alkyl carbamates (subject to hydrolysis) is 1. The van der Waals surface area contributed by atoms with Gasteiger partial charge in [-0.05, 0) is 38.5 Å². The zero-order valence-electron chi connectivity index (χ0n) is 20.5. The maximum Gasteiger partial charge on any atom is 0.407 e. The van der Waals surface area contributed by atoms with Crippen LogP contribution in [0.5, 0.6) is 0 Å². The second-order valence-corrected chi connectivity index (χ2v) is 10.2. The molecule has 2 amide bonds. The third kappa shape index (κ3) is 5.59. The number of hydrogen-bond donors (Lipinski definition) is 2. The van der Waals surface area contributed by atoms with Crippen LogP contribution in [0.15, 0.2) is 23.8 Å². The number of anilines is 1. The van der Waals surface area contributed by atoms with Crippen molar-refractivity contribution in [1.82, 2.24) is 29.8 Å². The van der Waals surface area contributed by atoms with Gasteiger partial charge in [0.2, 0.25) is 0 Å². The molecule has 2 aliphatic rings. The standard InChI is InChI=1S/C24H31N7O4S/c1-15(16-3-4-16)26-20-13-19(28-21(29-20)18-14-25-31-9-12-36-23(18)31)22(32)30-7-5-17(6-8-30)27-24(33)35-11-10-34-2/h9,12-17H,3-8,10-11H2,1-2H3,(H,27,33)(H,26,28,29)/t15-/m0/s1. The normalized spacial score (nSPS) is 17.2. The lowest BCUT2D eigenvalue weighted by Gasteiger charge is -2.32. The van der Waals surface area contributed by atoms with E-state index in [0.717, 1.165) is 10.4 Å². The van der Waals surface area contributed by atoms with E-state index >= 15 is 0 Å². The number of ether oxygens (including phenoxy) is 2. The van der Waals surface area contributed by atoms with Crippen LogP contribution in [0.3, 0.4) is 0 Å². The number of likely N-dealkylation sites (tertiary alicyclic amines) is 1. The Hall–Kier alpha value is -3.25. The number of hydrogen-bond acceptors (Lipinski definition) is 9. The van der Waals surface area contributed by atoms with Crippen molar-refractivity contribution < 1.29 is 19.1 Å². The highest BCUT2D eigenvalue weighted by atomic mass is 32.1. The fraction of sp³-hybridized carbons (Fsp3) is 0.542. The number of carbonyl (C=O) groups excluding carboxylic acids is 2. The van der Waals surface area contributed by atoms with Crippen LogP contribution in [0.25, 0.3) is 16.2 Å². The lowest BCUT2D eigenvalue weighted by Crippen LogP contribution is -2.47. The van der Waals surface area contributed by atoms with Gasteiger partial charge in [-0.15, -0.1) is 11.3 Å². The molecule has 2 fully saturated rings. The highest BCUT2D eigenvalue weighted by Crippen LogP contribution is 2.34. The van der Waals surface area contributed by atoms with Crippen molar-refractivity contribution in [3.05, 3.63) is 29.5 Å². The Kier molecular flexibility index (Phi) is 7.33. The molecule has 1 aliphatic carbocycles. The second-order valence-electron chi connectivity index (χ2n) is 9.28. The summed E-state index contributed by atoms with van der Waals surface area (Å²) in [5, 5.41) is 12.7. The number of nitrogens with zero attached hydrogens (tertiary/aromatic N) is 5. The summed E-state index contributed by atoms with van der Waals surface area (Å²) in [6.45, 7) is 3.75. The first-order valence-corrected chi connectivity index (χ1v) is 13.2. The van der Waals surface area contributed by atoms with E-state index in [1.807, 2.05) is 11.6 Å². The molecule has 1 atom stereocenters. The molecule has 3 aromatic rings. The zero-order valence-corrected chi connectivity index (χ0v) is 21.3. The van der Waals surface area contributed by atoms with E-state index < -0.39 is 6.09 Å². The Morgan fingerprint density at radius 3 is 2.75 bits per heavy atom. The molecule has 5 rings (SSSR count). The topological polar surface area (TPSA) is 123 Å². The average molecular weight is 514 g/mol. The molecular weight excluding hydrogens is 482 g/mol. The van der Waals surface area contributed by atoms with Crippen molar-refractivity contribution in [3.8, 4) is 11.4 Å². The molecule has 0 aromatic carbocycles. The van der Waals surface area contributed by atoms with E-state index in [1.165, 1.54) is 12.8 Å². The molecule has 0 unspecified atom stereocenters. The number of methoxy groups -OCH3 is 1. The second kappa shape index (κ2) is 10.8. The summed E-state index contributed by atoms with van der Waals surface area (Å²) < 4.78 is 11.8. The molecular formula is C24H31N7O4S. The molecule has 3 aromatic heterocycles. The molecule has 36 heavy (non-hydrogen) atoms. The minimum absolute atomic E-state index is 0.0406. The number of rotatable bonds is 9. The van der Waals surface area contributed by atoms with Crippen molar-refractivity contribution in [2.24, 2.45) is 5.92 Å². The number of thiazole rings is 1. The molecule has 0 bridgehead atoms. The maximum absolute atomic E-state index is 13.5. The van der Waals surface area contributed by atoms with Crippen molar-refractivity contribution in [3.63, 3.8) is 0 Å². The lowest BCUT2D eigenvalue weighted by molar-refractivity contribution is 0.0687. The van der Waals surface area contributed by atoms with Crippen LogP contribution in [0.2, 0.25) is 0 Å². The zero-order chi connectivity index (χ0) is 25.1. The monoisotopic (exact) mass is 513 g/mol. The SMILES string of the molecule is COCCOC(=O)NC1CCN(C(=O)c2cc(N[C@@H](C)C3CC3)nc(-c3cnn4ccsc34)n2)CC1. The Bertz CT molecular complexity index is 1220. The molecule has 11 nitrogen and oxygen atoms in total. The highest BCUT2D eigenvalue weighted by Gasteiger charge is 2.30. The van der Waals surface area contributed by atoms with E-state index in [1.54, 1.807) is 40.1 Å². The summed E-state index contributed by atoms with van der Waals surface area (Å²) in [6, 6.07) is 1.98. The van der Waals surface area contributed by atoms with Gasteiger partial charge in [-0.3, -0.25) is 4.79 Å². The maximum atomic E-state index is 13.5. The van der Waals surface area contributed by atoms with E-state index in [0.29, 0.717) is 55.8 Å². The van der Waals surface area contributed by atoms with Gasteiger partial charge in [0, 0.05) is 49.9 Å². The Balaban J connectivity index is 1.30. The van der Waals surface area contributed by atoms with Crippen LogP contribution in [-0.4, -0.2) is 82.0 Å². The van der Waals surface area contributed by atoms with Crippen molar-refractivity contribution in [1.29, 1.82) is 0 Å². The Morgan fingerprint density at radius 2 is 2.00 bits per heavy atom. The van der Waals surface area contributed by atoms with Gasteiger partial charge in [-0.1, -0.05) is 0 Å². The van der Waals surface area contributed by atoms with Crippen molar-refractivity contribution in [2.45, 2.75) is 44.7 Å². The molecule has 0 radical (unpaired) electrons. The third-order valence-electron chi connectivity index (χ3n) is 6.65. The first-order valence-electron chi connectivity index (χ1n) is 12.3. The fourth-order valence-corrected chi connectivity index (χ4v) is 5.19. The van der Waals surface area contributed by atoms with Gasteiger partial charge >= 0.3 is 6.09 Å². The molecule has 1 saturated heterocycles.